The summed E-state index contributed by atoms with van der Waals surface area (Å²) in [6.07, 6.45) is 8.42. The van der Waals surface area contributed by atoms with E-state index < -0.39 is 59.9 Å². The summed E-state index contributed by atoms with van der Waals surface area (Å²) in [5.74, 6) is -1.56. The van der Waals surface area contributed by atoms with Gasteiger partial charge in [-0.3, -0.25) is 0 Å². The van der Waals surface area contributed by atoms with Crippen LogP contribution >= 0.6 is 0 Å². The highest BCUT2D eigenvalue weighted by molar-refractivity contribution is 5.97. The molecule has 0 saturated heterocycles. The van der Waals surface area contributed by atoms with E-state index in [0.29, 0.717) is 22.8 Å². The molecule has 74 heavy (non-hydrogen) atoms. The van der Waals surface area contributed by atoms with Gasteiger partial charge in [0.15, 0.2) is 23.3 Å². The first-order valence-electron chi connectivity index (χ1n) is 28.2. The summed E-state index contributed by atoms with van der Waals surface area (Å²) in [6, 6.07) is 11.0. The molecule has 6 atom stereocenters. The quantitative estimate of drug-likeness (QED) is 0.0649. The number of phenolic OH excluding ortho intramolecular Hbond substituents is 2. The van der Waals surface area contributed by atoms with E-state index in [9.17, 15) is 30.6 Å². The Hall–Kier alpha value is -4.90. The molecule has 0 bridgehead atoms. The third-order valence-electron chi connectivity index (χ3n) is 16.4. The lowest BCUT2D eigenvalue weighted by Gasteiger charge is -2.63. The maximum atomic E-state index is 14.2. The molecule has 0 radical (unpaired) electrons. The largest absolute Gasteiger partial charge is 0.851 e. The van der Waals surface area contributed by atoms with Crippen molar-refractivity contribution in [2.24, 2.45) is 32.9 Å². The van der Waals surface area contributed by atoms with Crippen LogP contribution in [-0.4, -0.2) is 102 Å². The molecule has 4 aliphatic rings. The zero-order valence-corrected chi connectivity index (χ0v) is 46.0. The molecule has 2 aliphatic carbocycles. The summed E-state index contributed by atoms with van der Waals surface area (Å²) in [5.41, 5.74) is 3.44. The highest BCUT2D eigenvalue weighted by Crippen LogP contribution is 2.54. The van der Waals surface area contributed by atoms with Crippen LogP contribution in [0.2, 0.25) is 0 Å². The van der Waals surface area contributed by atoms with E-state index in [2.05, 4.69) is 99.4 Å². The molecule has 406 valence electrons. The molecule has 2 N–H and O–H groups in total. The number of phenols is 2. The van der Waals surface area contributed by atoms with E-state index in [1.807, 2.05) is 12.1 Å². The molecule has 16 heteroatoms. The van der Waals surface area contributed by atoms with Crippen LogP contribution in [0.3, 0.4) is 0 Å². The Morgan fingerprint density at radius 1 is 0.486 bits per heavy atom. The predicted molar refractivity (Wildman–Crippen MR) is 284 cm³/mol. The van der Waals surface area contributed by atoms with Crippen molar-refractivity contribution in [2.45, 2.75) is 207 Å². The van der Waals surface area contributed by atoms with Crippen molar-refractivity contribution >= 4 is 22.8 Å². The van der Waals surface area contributed by atoms with Crippen LogP contribution in [0.5, 0.6) is 11.5 Å². The normalized spacial score (nSPS) is 25.3. The average Bonchev–Trinajstić information content (AvgIpc) is 4.14. The number of aromatic nitrogens is 6. The first kappa shape index (κ1) is 55.3. The Morgan fingerprint density at radius 2 is 0.838 bits per heavy atom. The lowest BCUT2D eigenvalue weighted by Crippen LogP contribution is -2.67. The summed E-state index contributed by atoms with van der Waals surface area (Å²) >= 11 is 0. The Labute approximate surface area is 440 Å². The topological polar surface area (TPSA) is 225 Å². The lowest BCUT2D eigenvalue weighted by atomic mass is 9.58. The minimum atomic E-state index is -1.22. The van der Waals surface area contributed by atoms with Gasteiger partial charge in [0.25, 0.3) is 0 Å². The molecule has 2 aromatic carbocycles. The van der Waals surface area contributed by atoms with Crippen molar-refractivity contribution in [2.75, 3.05) is 36.0 Å². The molecule has 2 aromatic heterocycles. The van der Waals surface area contributed by atoms with E-state index in [4.69, 9.17) is 10.2 Å². The number of benzene rings is 2. The zero-order valence-electron chi connectivity index (χ0n) is 46.0. The fourth-order valence-electron chi connectivity index (χ4n) is 12.1. The first-order valence-corrected chi connectivity index (χ1v) is 28.2. The minimum absolute atomic E-state index is 0.00431. The fourth-order valence-corrected chi connectivity index (χ4v) is 12.1. The Morgan fingerprint density at radius 3 is 1.16 bits per heavy atom. The molecule has 16 nitrogen and oxygen atoms in total. The lowest BCUT2D eigenvalue weighted by molar-refractivity contribution is -0.550. The SMILES string of the molecule is CCCCc1nnc2n1N=C(C(C)(C)C)C2C1C([O-])C(c2ccc(N(CCCC)CCCCCCN(CCCC)c3ccc(C4C([O-])C(C5C(C(C)(C)C)=Nn6c(CCCC)nnc65)C4[O-])c(O)c3)cc2O)C1[O-]. The summed E-state index contributed by atoms with van der Waals surface area (Å²) in [6.45, 7) is 24.2. The van der Waals surface area contributed by atoms with Gasteiger partial charge in [0.1, 0.15) is 11.5 Å². The fraction of sp³-hybridized carbons (Fsp3) is 0.690. The van der Waals surface area contributed by atoms with Crippen LogP contribution in [0.25, 0.3) is 0 Å². The molecule has 2 saturated carbocycles. The molecule has 6 unspecified atom stereocenters. The molecule has 8 rings (SSSR count). The molecule has 0 spiro atoms. The number of anilines is 2. The van der Waals surface area contributed by atoms with Crippen LogP contribution in [0.1, 0.15) is 204 Å². The van der Waals surface area contributed by atoms with Gasteiger partial charge < -0.3 is 40.4 Å². The Balaban J connectivity index is 0.860. The second-order valence-electron chi connectivity index (χ2n) is 23.9. The smallest absolute Gasteiger partial charge is 0.163 e. The van der Waals surface area contributed by atoms with Gasteiger partial charge >= 0.3 is 0 Å². The van der Waals surface area contributed by atoms with Crippen molar-refractivity contribution in [3.8, 4) is 11.5 Å². The van der Waals surface area contributed by atoms with Crippen LogP contribution in [0, 0.1) is 22.7 Å². The molecule has 4 aromatic rings. The highest BCUT2D eigenvalue weighted by atomic mass is 16.3. The van der Waals surface area contributed by atoms with E-state index in [1.54, 1.807) is 33.6 Å². The van der Waals surface area contributed by atoms with Gasteiger partial charge in [-0.15, -0.1) is 44.8 Å². The second kappa shape index (κ2) is 23.1. The van der Waals surface area contributed by atoms with Crippen molar-refractivity contribution in [3.05, 3.63) is 70.8 Å². The minimum Gasteiger partial charge on any atom is -0.851 e. The standard InChI is InChI=1S/C58H84N10O6/c1-11-15-23-41-59-61-55-47(53(57(5,6)7)63-67(41)55)45-49(71)43(50(45)72)37-27-25-35(33-39(37)69)65(29-17-13-3)31-21-19-20-22-32-66(30-18-14-4)36-26-28-38(40(70)34-36)44-51(73)46(52(44)74)48-54(58(8,9)10)64-68-42(24-16-12-2)60-62-56(48)68/h25-28,33-34,43-52,69-70H,11-24,29-32H2,1-10H3/q-4. The maximum Gasteiger partial charge on any atom is 0.163 e. The number of hydrogen-bond acceptors (Lipinski definition) is 14. The van der Waals surface area contributed by atoms with Crippen molar-refractivity contribution in [3.63, 3.8) is 0 Å². The Kier molecular flexibility index (Phi) is 17.3. The van der Waals surface area contributed by atoms with Crippen molar-refractivity contribution in [1.29, 1.82) is 0 Å². The van der Waals surface area contributed by atoms with Gasteiger partial charge in [0.2, 0.25) is 0 Å². The van der Waals surface area contributed by atoms with E-state index >= 15 is 0 Å². The van der Waals surface area contributed by atoms with Gasteiger partial charge in [0, 0.05) is 73.4 Å². The van der Waals surface area contributed by atoms with Gasteiger partial charge in [0.05, 0.1) is 23.3 Å². The number of hydrogen-bond donors (Lipinski definition) is 2. The molecule has 4 heterocycles. The monoisotopic (exact) mass is 1020 g/mol. The molecule has 2 aliphatic heterocycles. The van der Waals surface area contributed by atoms with E-state index in [0.717, 1.165) is 151 Å². The summed E-state index contributed by atoms with van der Waals surface area (Å²) in [7, 11) is 0. The van der Waals surface area contributed by atoms with Crippen molar-refractivity contribution in [1.82, 2.24) is 29.7 Å². The third-order valence-corrected chi connectivity index (χ3v) is 16.4. The van der Waals surface area contributed by atoms with Crippen molar-refractivity contribution < 1.29 is 30.6 Å². The number of aryl methyl sites for hydroxylation is 2. The van der Waals surface area contributed by atoms with Crippen LogP contribution < -0.4 is 30.2 Å². The summed E-state index contributed by atoms with van der Waals surface area (Å²) in [4.78, 5) is 4.60. The predicted octanol–water partition coefficient (Wildman–Crippen LogP) is 6.88. The number of fused-ring (bicyclic) bond motifs is 2. The molecular formula is C58H84N10O6-4. The van der Waals surface area contributed by atoms with E-state index in [-0.39, 0.29) is 22.3 Å². The number of nitrogens with zero attached hydrogens (tertiary/aromatic N) is 10. The average molecular weight is 1020 g/mol. The second-order valence-corrected chi connectivity index (χ2v) is 23.9. The van der Waals surface area contributed by atoms with Gasteiger partial charge in [-0.25, -0.2) is 9.35 Å². The van der Waals surface area contributed by atoms with Gasteiger partial charge in [-0.1, -0.05) is 120 Å². The maximum absolute atomic E-state index is 14.2. The molecule has 2 fully saturated rings. The van der Waals surface area contributed by atoms with Crippen LogP contribution in [0.15, 0.2) is 46.6 Å². The first-order chi connectivity index (χ1) is 35.4. The zero-order chi connectivity index (χ0) is 53.2. The Bertz CT molecular complexity index is 2400. The number of aromatic hydroxyl groups is 2. The molecule has 0 amide bonds. The third kappa shape index (κ3) is 10.9. The van der Waals surface area contributed by atoms with Gasteiger partial charge in [-0.2, -0.15) is 10.2 Å². The number of unbranched alkanes of at least 4 members (excludes halogenated alkanes) is 7. The van der Waals surface area contributed by atoms with E-state index in [1.165, 1.54) is 0 Å². The van der Waals surface area contributed by atoms with Gasteiger partial charge in [-0.05, 0) is 85.5 Å². The van der Waals surface area contributed by atoms with Crippen LogP contribution in [0.4, 0.5) is 11.4 Å². The summed E-state index contributed by atoms with van der Waals surface area (Å²) in [5, 5.41) is 107. The summed E-state index contributed by atoms with van der Waals surface area (Å²) < 4.78 is 3.54. The number of rotatable bonds is 25. The van der Waals surface area contributed by atoms with Crippen LogP contribution in [-0.2, 0) is 12.8 Å². The molecular weight excluding hydrogens is 933 g/mol. The highest BCUT2D eigenvalue weighted by Gasteiger charge is 2.52.